The first-order valence-corrected chi connectivity index (χ1v) is 6.09. The first-order chi connectivity index (χ1) is 6.87. The van der Waals surface area contributed by atoms with Crippen molar-refractivity contribution in [3.63, 3.8) is 0 Å². The summed E-state index contributed by atoms with van der Waals surface area (Å²) in [5.41, 5.74) is 1.43. The lowest BCUT2D eigenvalue weighted by Crippen LogP contribution is -2.32. The van der Waals surface area contributed by atoms with Crippen molar-refractivity contribution in [3.8, 4) is 0 Å². The Morgan fingerprint density at radius 2 is 1.43 bits per heavy atom. The molecule has 2 nitrogen and oxygen atoms in total. The van der Waals surface area contributed by atoms with Gasteiger partial charge in [0.2, 0.25) is 0 Å². The summed E-state index contributed by atoms with van der Waals surface area (Å²) >= 11 is 0. The zero-order chi connectivity index (χ0) is 9.86. The summed E-state index contributed by atoms with van der Waals surface area (Å²) in [6.07, 6.45) is 12.8. The van der Waals surface area contributed by atoms with Gasteiger partial charge in [-0.15, -0.1) is 0 Å². The summed E-state index contributed by atoms with van der Waals surface area (Å²) in [4.78, 5) is 0. The molecule has 80 valence electrons. The molecule has 2 rings (SSSR count). The van der Waals surface area contributed by atoms with Crippen molar-refractivity contribution in [2.75, 3.05) is 0 Å². The monoisotopic (exact) mass is 195 g/mol. The fourth-order valence-corrected chi connectivity index (χ4v) is 3.27. The van der Waals surface area contributed by atoms with Gasteiger partial charge in [-0.05, 0) is 32.1 Å². The van der Waals surface area contributed by atoms with Crippen molar-refractivity contribution in [1.82, 2.24) is 0 Å². The Labute approximate surface area is 86.4 Å². The first kappa shape index (κ1) is 10.0. The Balaban J connectivity index is 2.17. The van der Waals surface area contributed by atoms with E-state index in [0.29, 0.717) is 5.41 Å². The van der Waals surface area contributed by atoms with Gasteiger partial charge in [0.05, 0.1) is 5.71 Å². The lowest BCUT2D eigenvalue weighted by atomic mass is 9.68. The van der Waals surface area contributed by atoms with E-state index >= 15 is 0 Å². The Kier molecular flexibility index (Phi) is 3.09. The summed E-state index contributed by atoms with van der Waals surface area (Å²) in [6.45, 7) is 0. The van der Waals surface area contributed by atoms with Crippen LogP contribution < -0.4 is 0 Å². The van der Waals surface area contributed by atoms with Gasteiger partial charge in [-0.25, -0.2) is 0 Å². The molecule has 0 aromatic rings. The minimum Gasteiger partial charge on any atom is -0.411 e. The molecule has 0 bridgehead atoms. The van der Waals surface area contributed by atoms with E-state index in [1.54, 1.807) is 0 Å². The van der Waals surface area contributed by atoms with E-state index in [0.717, 1.165) is 12.1 Å². The third-order valence-corrected chi connectivity index (χ3v) is 4.11. The maximum absolute atomic E-state index is 9.12. The van der Waals surface area contributed by atoms with Crippen molar-refractivity contribution >= 4 is 5.71 Å². The van der Waals surface area contributed by atoms with Crippen LogP contribution in [0.25, 0.3) is 0 Å². The number of oxime groups is 1. The molecule has 0 aliphatic heterocycles. The normalized spacial score (nSPS) is 30.4. The number of nitrogens with zero attached hydrogens (tertiary/aromatic N) is 1. The molecular formula is C12H21NO. The molecule has 0 saturated heterocycles. The van der Waals surface area contributed by atoms with Crippen LogP contribution in [-0.4, -0.2) is 10.9 Å². The molecule has 0 radical (unpaired) electrons. The number of hydrogen-bond acceptors (Lipinski definition) is 2. The van der Waals surface area contributed by atoms with Gasteiger partial charge in [-0.3, -0.25) is 0 Å². The molecule has 2 aliphatic rings. The number of rotatable bonds is 0. The Morgan fingerprint density at radius 3 is 2.00 bits per heavy atom. The summed E-state index contributed by atoms with van der Waals surface area (Å²) in [5, 5.41) is 12.7. The van der Waals surface area contributed by atoms with Crippen molar-refractivity contribution in [3.05, 3.63) is 0 Å². The first-order valence-electron chi connectivity index (χ1n) is 6.09. The molecule has 2 heteroatoms. The van der Waals surface area contributed by atoms with Crippen molar-refractivity contribution < 1.29 is 5.21 Å². The van der Waals surface area contributed by atoms with E-state index in [1.807, 2.05) is 0 Å². The molecule has 0 atom stereocenters. The number of hydrogen-bond donors (Lipinski definition) is 1. The third kappa shape index (κ3) is 1.79. The van der Waals surface area contributed by atoms with Crippen LogP contribution in [0, 0.1) is 5.41 Å². The topological polar surface area (TPSA) is 32.6 Å². The fourth-order valence-electron chi connectivity index (χ4n) is 3.27. The van der Waals surface area contributed by atoms with E-state index in [2.05, 4.69) is 5.16 Å². The average Bonchev–Trinajstić information content (AvgIpc) is 2.42. The summed E-state index contributed by atoms with van der Waals surface area (Å²) < 4.78 is 0. The van der Waals surface area contributed by atoms with Gasteiger partial charge in [-0.2, -0.15) is 0 Å². The van der Waals surface area contributed by atoms with E-state index in [4.69, 9.17) is 5.21 Å². The smallest absolute Gasteiger partial charge is 0.0632 e. The predicted molar refractivity (Wildman–Crippen MR) is 57.8 cm³/mol. The molecule has 1 N–H and O–H groups in total. The molecule has 2 fully saturated rings. The molecule has 0 aromatic carbocycles. The Bertz CT molecular complexity index is 216. The largest absolute Gasteiger partial charge is 0.411 e. The third-order valence-electron chi connectivity index (χ3n) is 4.11. The quantitative estimate of drug-likeness (QED) is 0.463. The van der Waals surface area contributed by atoms with Crippen LogP contribution >= 0.6 is 0 Å². The van der Waals surface area contributed by atoms with Crippen LogP contribution in [0.2, 0.25) is 0 Å². The molecule has 0 aromatic heterocycles. The lowest BCUT2D eigenvalue weighted by molar-refractivity contribution is 0.242. The van der Waals surface area contributed by atoms with Crippen LogP contribution in [0.3, 0.4) is 0 Å². The Morgan fingerprint density at radius 1 is 0.857 bits per heavy atom. The van der Waals surface area contributed by atoms with Crippen molar-refractivity contribution in [2.24, 2.45) is 10.6 Å². The fraction of sp³-hybridized carbons (Fsp3) is 0.917. The molecule has 0 amide bonds. The molecule has 2 saturated carbocycles. The second kappa shape index (κ2) is 4.33. The highest BCUT2D eigenvalue weighted by Gasteiger charge is 2.37. The van der Waals surface area contributed by atoms with Gasteiger partial charge < -0.3 is 5.21 Å². The Hall–Kier alpha value is -0.530. The van der Waals surface area contributed by atoms with Gasteiger partial charge in [0, 0.05) is 5.41 Å². The zero-order valence-corrected chi connectivity index (χ0v) is 8.97. The van der Waals surface area contributed by atoms with Crippen LogP contribution in [-0.2, 0) is 0 Å². The van der Waals surface area contributed by atoms with Gasteiger partial charge >= 0.3 is 0 Å². The summed E-state index contributed by atoms with van der Waals surface area (Å²) in [5.74, 6) is 0. The molecule has 1 spiro atoms. The van der Waals surface area contributed by atoms with Crippen LogP contribution in [0.1, 0.15) is 64.2 Å². The lowest BCUT2D eigenvalue weighted by Gasteiger charge is -2.36. The van der Waals surface area contributed by atoms with Crippen LogP contribution in [0.5, 0.6) is 0 Å². The van der Waals surface area contributed by atoms with Gasteiger partial charge in [-0.1, -0.05) is 37.3 Å². The second-order valence-corrected chi connectivity index (χ2v) is 4.95. The van der Waals surface area contributed by atoms with Crippen molar-refractivity contribution in [2.45, 2.75) is 64.2 Å². The maximum Gasteiger partial charge on any atom is 0.0632 e. The predicted octanol–water partition coefficient (Wildman–Crippen LogP) is 3.73. The average molecular weight is 195 g/mol. The summed E-state index contributed by atoms with van der Waals surface area (Å²) in [6, 6.07) is 0. The molecule has 0 heterocycles. The zero-order valence-electron chi connectivity index (χ0n) is 8.97. The van der Waals surface area contributed by atoms with E-state index in [9.17, 15) is 0 Å². The highest BCUT2D eigenvalue weighted by molar-refractivity contribution is 5.90. The SMILES string of the molecule is O/N=C1/CCCCCC12CCCCC2. The van der Waals surface area contributed by atoms with Crippen molar-refractivity contribution in [1.29, 1.82) is 0 Å². The highest BCUT2D eigenvalue weighted by Crippen LogP contribution is 2.44. The molecule has 14 heavy (non-hydrogen) atoms. The maximum atomic E-state index is 9.12. The van der Waals surface area contributed by atoms with E-state index < -0.39 is 0 Å². The standard InChI is InChI=1S/C12H21NO/c14-13-11-7-3-1-4-8-12(11)9-5-2-6-10-12/h14H,1-10H2/b13-11-. The van der Waals surface area contributed by atoms with E-state index in [-0.39, 0.29) is 0 Å². The molecular weight excluding hydrogens is 174 g/mol. The van der Waals surface area contributed by atoms with Crippen LogP contribution in [0.15, 0.2) is 5.16 Å². The van der Waals surface area contributed by atoms with Gasteiger partial charge in [0.25, 0.3) is 0 Å². The minimum absolute atomic E-state index is 0.309. The molecule has 0 unspecified atom stereocenters. The van der Waals surface area contributed by atoms with E-state index in [1.165, 1.54) is 57.8 Å². The molecule has 2 aliphatic carbocycles. The second-order valence-electron chi connectivity index (χ2n) is 4.95. The minimum atomic E-state index is 0.309. The highest BCUT2D eigenvalue weighted by atomic mass is 16.4. The van der Waals surface area contributed by atoms with Gasteiger partial charge in [0.1, 0.15) is 0 Å². The summed E-state index contributed by atoms with van der Waals surface area (Å²) in [7, 11) is 0. The van der Waals surface area contributed by atoms with Crippen LogP contribution in [0.4, 0.5) is 0 Å². The van der Waals surface area contributed by atoms with Gasteiger partial charge in [0.15, 0.2) is 0 Å².